The van der Waals surface area contributed by atoms with Crippen LogP contribution in [-0.2, 0) is 30.5 Å². The number of ether oxygens (including phenoxy) is 2. The number of nitrogens with one attached hydrogen (secondary N) is 2. The fraction of sp³-hybridized carbons (Fsp3) is 0.353. The summed E-state index contributed by atoms with van der Waals surface area (Å²) in [7, 11) is 0. The van der Waals surface area contributed by atoms with E-state index in [1.807, 2.05) is 63.2 Å². The topological polar surface area (TPSA) is 191 Å². The molecule has 0 spiro atoms. The van der Waals surface area contributed by atoms with E-state index in [4.69, 9.17) is 37.7 Å². The van der Waals surface area contributed by atoms with Crippen molar-refractivity contribution in [2.45, 2.75) is 84.2 Å². The highest BCUT2D eigenvalue weighted by molar-refractivity contribution is 7.81. The summed E-state index contributed by atoms with van der Waals surface area (Å²) in [5.74, 6) is -1.07. The quantitative estimate of drug-likeness (QED) is 0.0613. The predicted octanol–water partition coefficient (Wildman–Crippen LogP) is 7.57. The number of benzene rings is 4. The van der Waals surface area contributed by atoms with Crippen LogP contribution in [0.2, 0.25) is 5.02 Å². The number of nitrogens with zero attached hydrogens (tertiary/aromatic N) is 5. The average Bonchev–Trinajstić information content (AvgIpc) is 4.04. The summed E-state index contributed by atoms with van der Waals surface area (Å²) in [6.07, 6.45) is 3.35. The molecule has 2 fully saturated rings. The first-order valence-corrected chi connectivity index (χ1v) is 23.2. The first-order valence-electron chi connectivity index (χ1n) is 22.4. The van der Waals surface area contributed by atoms with E-state index >= 15 is 4.39 Å². The molecular formula is C51H53ClFN7O8S. The van der Waals surface area contributed by atoms with E-state index in [1.165, 1.54) is 39.3 Å². The van der Waals surface area contributed by atoms with Gasteiger partial charge in [-0.15, -0.1) is 0 Å². The van der Waals surface area contributed by atoms with Crippen LogP contribution >= 0.6 is 23.8 Å². The summed E-state index contributed by atoms with van der Waals surface area (Å²) in [4.78, 5) is 62.0. The van der Waals surface area contributed by atoms with Crippen molar-refractivity contribution in [1.29, 1.82) is 5.26 Å². The van der Waals surface area contributed by atoms with Crippen molar-refractivity contribution in [3.8, 4) is 34.3 Å². The maximum atomic E-state index is 15.9. The third-order valence-electron chi connectivity index (χ3n) is 12.0. The third-order valence-corrected chi connectivity index (χ3v) is 12.7. The second-order valence-electron chi connectivity index (χ2n) is 18.4. The molecule has 3 N–H and O–H groups in total. The maximum Gasteiger partial charge on any atom is 0.259 e. The van der Waals surface area contributed by atoms with Gasteiger partial charge in [-0.05, 0) is 103 Å². The Bertz CT molecular complexity index is 2740. The standard InChI is InChI=1S/C51H53ClFN7O8S/c1-50(2,3)45(47(64)58-28-37(61)24-42(58)46(63)56-26-31-8-10-33(11-9-31)43-27-55-30-68-43)57-44(62)29-66-20-6-7-21-67-38-17-13-32(14-18-38)34-15-19-41(40(53)22-34)60-49(69)59(48(65)51(60,4)5)36-16-12-35(25-54)39(52)23-36/h8-19,22-23,27,30,37,42,45,61H,6-7,20-21,24,26,28-29H2,1-5H3,(H,56,63)(H,57,62)/t37-,42+,45?/m1/s1. The smallest absolute Gasteiger partial charge is 0.259 e. The molecule has 4 amide bonds. The largest absolute Gasteiger partial charge is 0.494 e. The molecule has 5 aromatic rings. The van der Waals surface area contributed by atoms with Crippen molar-refractivity contribution in [3.05, 3.63) is 119 Å². The predicted molar refractivity (Wildman–Crippen MR) is 261 cm³/mol. The van der Waals surface area contributed by atoms with Crippen LogP contribution in [0.4, 0.5) is 15.8 Å². The molecule has 7 rings (SSSR count). The van der Waals surface area contributed by atoms with E-state index in [-0.39, 0.29) is 60.0 Å². The lowest BCUT2D eigenvalue weighted by molar-refractivity contribution is -0.144. The van der Waals surface area contributed by atoms with E-state index in [0.29, 0.717) is 42.2 Å². The summed E-state index contributed by atoms with van der Waals surface area (Å²) in [6, 6.07) is 24.0. The number of thiocarbonyl (C=S) groups is 1. The number of aliphatic hydroxyl groups excluding tert-OH is 1. The summed E-state index contributed by atoms with van der Waals surface area (Å²) in [6.45, 7) is 9.30. The van der Waals surface area contributed by atoms with Crippen molar-refractivity contribution < 1.29 is 42.6 Å². The Morgan fingerprint density at radius 2 is 1.71 bits per heavy atom. The lowest BCUT2D eigenvalue weighted by atomic mass is 9.85. The molecule has 1 aromatic heterocycles. The summed E-state index contributed by atoms with van der Waals surface area (Å²) >= 11 is 12.0. The van der Waals surface area contributed by atoms with Crippen LogP contribution in [-0.4, -0.2) is 93.8 Å². The number of carbonyl (C=O) groups excluding carboxylic acids is 4. The molecule has 360 valence electrons. The van der Waals surface area contributed by atoms with Gasteiger partial charge in [0.1, 0.15) is 41.9 Å². The van der Waals surface area contributed by atoms with Gasteiger partial charge < -0.3 is 39.4 Å². The highest BCUT2D eigenvalue weighted by atomic mass is 35.5. The zero-order valence-corrected chi connectivity index (χ0v) is 40.4. The van der Waals surface area contributed by atoms with Crippen molar-refractivity contribution in [3.63, 3.8) is 0 Å². The lowest BCUT2D eigenvalue weighted by Gasteiger charge is -2.35. The molecule has 4 aromatic carbocycles. The van der Waals surface area contributed by atoms with E-state index in [9.17, 15) is 29.5 Å². The zero-order valence-electron chi connectivity index (χ0n) is 38.8. The minimum absolute atomic E-state index is 0.0409. The molecule has 3 atom stereocenters. The number of oxazole rings is 1. The number of nitriles is 1. The molecule has 18 heteroatoms. The van der Waals surface area contributed by atoms with Crippen LogP contribution < -0.4 is 25.2 Å². The van der Waals surface area contributed by atoms with Crippen LogP contribution in [0.25, 0.3) is 22.5 Å². The number of hydrogen-bond donors (Lipinski definition) is 3. The lowest BCUT2D eigenvalue weighted by Crippen LogP contribution is -2.58. The van der Waals surface area contributed by atoms with Gasteiger partial charge in [-0.3, -0.25) is 24.1 Å². The average molecular weight is 979 g/mol. The second kappa shape index (κ2) is 21.3. The molecule has 0 aliphatic carbocycles. The number of unbranched alkanes of at least 4 members (excludes halogenated alkanes) is 1. The molecule has 2 aliphatic heterocycles. The van der Waals surface area contributed by atoms with Crippen LogP contribution in [0.5, 0.6) is 5.75 Å². The number of likely N-dealkylation sites (tertiary alicyclic amines) is 1. The molecule has 0 radical (unpaired) electrons. The SMILES string of the molecule is CC(C)(C)C(NC(=O)COCCCCOc1ccc(-c2ccc(N3C(=S)N(c4ccc(C#N)c(Cl)c4)C(=O)C3(C)C)c(F)c2)cc1)C(=O)N1C[C@H](O)C[C@H]1C(=O)NCc1ccc(-c2cnco2)cc1. The maximum absolute atomic E-state index is 15.9. The molecule has 1 unspecified atom stereocenters. The van der Waals surface area contributed by atoms with Gasteiger partial charge in [-0.2, -0.15) is 5.26 Å². The van der Waals surface area contributed by atoms with E-state index in [0.717, 1.165) is 16.7 Å². The number of aliphatic hydroxyl groups is 1. The summed E-state index contributed by atoms with van der Waals surface area (Å²) in [5.41, 5.74) is 1.84. The normalized spacial score (nSPS) is 17.2. The highest BCUT2D eigenvalue weighted by Gasteiger charge is 2.51. The van der Waals surface area contributed by atoms with E-state index in [1.54, 1.807) is 50.4 Å². The Morgan fingerprint density at radius 1 is 1.01 bits per heavy atom. The fourth-order valence-corrected chi connectivity index (χ4v) is 8.94. The fourth-order valence-electron chi connectivity index (χ4n) is 8.21. The zero-order chi connectivity index (χ0) is 49.6. The molecular weight excluding hydrogens is 925 g/mol. The molecule has 0 saturated carbocycles. The Hall–Kier alpha value is -6.71. The number of hydrogen-bond acceptors (Lipinski definition) is 11. The van der Waals surface area contributed by atoms with Gasteiger partial charge in [-0.25, -0.2) is 9.37 Å². The van der Waals surface area contributed by atoms with Crippen LogP contribution in [0.15, 0.2) is 102 Å². The molecule has 15 nitrogen and oxygen atoms in total. The van der Waals surface area contributed by atoms with Gasteiger partial charge in [0.05, 0.1) is 40.9 Å². The summed E-state index contributed by atoms with van der Waals surface area (Å²) < 4.78 is 32.8. The molecule has 3 heterocycles. The second-order valence-corrected chi connectivity index (χ2v) is 19.2. The van der Waals surface area contributed by atoms with Gasteiger partial charge in [0, 0.05) is 31.7 Å². The number of anilines is 2. The molecule has 69 heavy (non-hydrogen) atoms. The Labute approximate surface area is 410 Å². The van der Waals surface area contributed by atoms with Gasteiger partial charge >= 0.3 is 0 Å². The minimum atomic E-state index is -1.22. The van der Waals surface area contributed by atoms with E-state index in [2.05, 4.69) is 15.6 Å². The number of aromatic nitrogens is 1. The Kier molecular flexibility index (Phi) is 15.5. The third kappa shape index (κ3) is 11.4. The minimum Gasteiger partial charge on any atom is -0.494 e. The first kappa shape index (κ1) is 50.2. The molecule has 0 bridgehead atoms. The van der Waals surface area contributed by atoms with Crippen LogP contribution in [0, 0.1) is 22.6 Å². The van der Waals surface area contributed by atoms with E-state index < -0.39 is 52.7 Å². The number of halogens is 2. The Morgan fingerprint density at radius 3 is 2.36 bits per heavy atom. The van der Waals surface area contributed by atoms with Gasteiger partial charge in [0.15, 0.2) is 17.3 Å². The molecule has 2 aliphatic rings. The number of amides is 4. The van der Waals surface area contributed by atoms with Crippen molar-refractivity contribution in [2.24, 2.45) is 5.41 Å². The van der Waals surface area contributed by atoms with Gasteiger partial charge in [0.25, 0.3) is 5.91 Å². The first-order chi connectivity index (χ1) is 32.9. The Balaban J connectivity index is 0.842. The van der Waals surface area contributed by atoms with Crippen LogP contribution in [0.1, 0.15) is 65.0 Å². The van der Waals surface area contributed by atoms with Crippen molar-refractivity contribution in [1.82, 2.24) is 20.5 Å². The number of β-amino-alcohol motifs (C(OH)–C–C–N with tert-alkyl or cyclic N) is 1. The number of carbonyl (C=O) groups is 4. The molecule has 2 saturated heterocycles. The van der Waals surface area contributed by atoms with Gasteiger partial charge in [-0.1, -0.05) is 74.8 Å². The number of rotatable bonds is 17. The monoisotopic (exact) mass is 977 g/mol. The van der Waals surface area contributed by atoms with Crippen LogP contribution in [0.3, 0.4) is 0 Å². The van der Waals surface area contributed by atoms with Crippen molar-refractivity contribution in [2.75, 3.05) is 36.2 Å². The summed E-state index contributed by atoms with van der Waals surface area (Å²) in [5, 5.41) is 25.7. The van der Waals surface area contributed by atoms with Crippen molar-refractivity contribution >= 4 is 63.9 Å². The van der Waals surface area contributed by atoms with Gasteiger partial charge in [0.2, 0.25) is 17.7 Å². The highest BCUT2D eigenvalue weighted by Crippen LogP contribution is 2.40.